The number of rotatable bonds is 6. The molecule has 3 N–H and O–H groups in total. The van der Waals surface area contributed by atoms with Crippen molar-refractivity contribution in [3.63, 3.8) is 0 Å². The fourth-order valence-electron chi connectivity index (χ4n) is 2.13. The summed E-state index contributed by atoms with van der Waals surface area (Å²) in [5.41, 5.74) is 8.01. The average molecular weight is 289 g/mol. The first kappa shape index (κ1) is 15.1. The molecule has 7 heteroatoms. The van der Waals surface area contributed by atoms with E-state index < -0.39 is 5.91 Å². The third-order valence-electron chi connectivity index (χ3n) is 3.06. The van der Waals surface area contributed by atoms with Gasteiger partial charge in [-0.2, -0.15) is 5.10 Å². The second-order valence-electron chi connectivity index (χ2n) is 4.94. The summed E-state index contributed by atoms with van der Waals surface area (Å²) >= 11 is 0. The number of aliphatic hydroxyl groups is 1. The number of amides is 1. The van der Waals surface area contributed by atoms with Crippen molar-refractivity contribution in [3.05, 3.63) is 29.3 Å². The van der Waals surface area contributed by atoms with Crippen molar-refractivity contribution in [2.75, 3.05) is 6.61 Å². The Bertz CT molecular complexity index is 651. The highest BCUT2D eigenvalue weighted by atomic mass is 16.3. The lowest BCUT2D eigenvalue weighted by atomic mass is 10.1. The Morgan fingerprint density at radius 2 is 2.19 bits per heavy atom. The van der Waals surface area contributed by atoms with E-state index in [4.69, 9.17) is 10.8 Å². The number of aryl methyl sites for hydroxylation is 3. The number of carbonyl (C=O) groups is 1. The maximum Gasteiger partial charge on any atom is 0.225 e. The van der Waals surface area contributed by atoms with Crippen LogP contribution in [0.4, 0.5) is 0 Å². The predicted octanol–water partition coefficient (Wildman–Crippen LogP) is 0.367. The number of hydrogen-bond donors (Lipinski definition) is 2. The fourth-order valence-corrected chi connectivity index (χ4v) is 2.13. The van der Waals surface area contributed by atoms with Gasteiger partial charge in [-0.1, -0.05) is 0 Å². The molecule has 21 heavy (non-hydrogen) atoms. The molecular weight excluding hydrogens is 270 g/mol. The molecule has 0 unspecified atom stereocenters. The van der Waals surface area contributed by atoms with Crippen LogP contribution < -0.4 is 5.73 Å². The Hall–Kier alpha value is -2.28. The highest BCUT2D eigenvalue weighted by Crippen LogP contribution is 2.21. The maximum absolute atomic E-state index is 11.0. The Morgan fingerprint density at radius 1 is 1.43 bits per heavy atom. The summed E-state index contributed by atoms with van der Waals surface area (Å²) in [5, 5.41) is 13.3. The van der Waals surface area contributed by atoms with E-state index in [0.29, 0.717) is 24.6 Å². The van der Waals surface area contributed by atoms with Crippen molar-refractivity contribution in [2.24, 2.45) is 5.73 Å². The minimum Gasteiger partial charge on any atom is -0.396 e. The Labute approximate surface area is 122 Å². The van der Waals surface area contributed by atoms with Crippen LogP contribution in [0.25, 0.3) is 11.4 Å². The third kappa shape index (κ3) is 3.63. The predicted molar refractivity (Wildman–Crippen MR) is 77.3 cm³/mol. The molecule has 2 aromatic rings. The zero-order valence-electron chi connectivity index (χ0n) is 12.2. The molecule has 1 amide bonds. The summed E-state index contributed by atoms with van der Waals surface area (Å²) in [6, 6.07) is 1.97. The van der Waals surface area contributed by atoms with Gasteiger partial charge in [0, 0.05) is 30.6 Å². The van der Waals surface area contributed by atoms with Crippen LogP contribution in [0.1, 0.15) is 23.5 Å². The standard InChI is InChI=1S/C14H19N5O2/c1-9-6-10(2)16-8-11(9)14-17-13(7-12(15)21)18-19(14)4-3-5-20/h6,8,20H,3-5,7H2,1-2H3,(H2,15,21). The van der Waals surface area contributed by atoms with E-state index >= 15 is 0 Å². The molecule has 112 valence electrons. The summed E-state index contributed by atoms with van der Waals surface area (Å²) in [5.74, 6) is 0.555. The number of aromatic nitrogens is 4. The molecule has 2 aromatic heterocycles. The van der Waals surface area contributed by atoms with Gasteiger partial charge in [-0.25, -0.2) is 9.67 Å². The Morgan fingerprint density at radius 3 is 2.81 bits per heavy atom. The second kappa shape index (κ2) is 6.45. The fraction of sp³-hybridized carbons (Fsp3) is 0.429. The van der Waals surface area contributed by atoms with Gasteiger partial charge in [-0.15, -0.1) is 0 Å². The molecular formula is C14H19N5O2. The number of pyridine rings is 1. The molecule has 0 aliphatic rings. The number of hydrogen-bond acceptors (Lipinski definition) is 5. The Balaban J connectivity index is 2.43. The number of nitrogens with two attached hydrogens (primary N) is 1. The van der Waals surface area contributed by atoms with Gasteiger partial charge in [0.15, 0.2) is 11.6 Å². The van der Waals surface area contributed by atoms with Crippen LogP contribution in [-0.2, 0) is 17.8 Å². The molecule has 2 heterocycles. The molecule has 0 spiro atoms. The molecule has 2 rings (SSSR count). The van der Waals surface area contributed by atoms with Crippen molar-refractivity contribution in [1.82, 2.24) is 19.7 Å². The topological polar surface area (TPSA) is 107 Å². The van der Waals surface area contributed by atoms with Gasteiger partial charge in [-0.3, -0.25) is 9.78 Å². The van der Waals surface area contributed by atoms with E-state index in [1.165, 1.54) is 0 Å². The van der Waals surface area contributed by atoms with Crippen LogP contribution in [0.5, 0.6) is 0 Å². The molecule has 0 radical (unpaired) electrons. The van der Waals surface area contributed by atoms with Gasteiger partial charge in [0.2, 0.25) is 5.91 Å². The zero-order chi connectivity index (χ0) is 15.4. The van der Waals surface area contributed by atoms with Crippen LogP contribution in [0, 0.1) is 13.8 Å². The molecule has 0 aromatic carbocycles. The largest absolute Gasteiger partial charge is 0.396 e. The van der Waals surface area contributed by atoms with Gasteiger partial charge < -0.3 is 10.8 Å². The molecule has 0 saturated carbocycles. The van der Waals surface area contributed by atoms with Crippen molar-refractivity contribution in [3.8, 4) is 11.4 Å². The molecule has 0 aliphatic heterocycles. The molecule has 0 fully saturated rings. The summed E-state index contributed by atoms with van der Waals surface area (Å²) < 4.78 is 1.69. The van der Waals surface area contributed by atoms with Crippen molar-refractivity contribution >= 4 is 5.91 Å². The van der Waals surface area contributed by atoms with E-state index in [1.54, 1.807) is 10.9 Å². The quantitative estimate of drug-likeness (QED) is 0.798. The van der Waals surface area contributed by atoms with E-state index in [9.17, 15) is 4.79 Å². The maximum atomic E-state index is 11.0. The minimum atomic E-state index is -0.473. The number of aliphatic hydroxyl groups excluding tert-OH is 1. The first-order valence-electron chi connectivity index (χ1n) is 6.77. The lowest BCUT2D eigenvalue weighted by molar-refractivity contribution is -0.117. The molecule has 7 nitrogen and oxygen atoms in total. The van der Waals surface area contributed by atoms with Gasteiger partial charge in [0.1, 0.15) is 0 Å². The summed E-state index contributed by atoms with van der Waals surface area (Å²) in [4.78, 5) is 19.7. The number of carbonyl (C=O) groups excluding carboxylic acids is 1. The molecule has 0 saturated heterocycles. The van der Waals surface area contributed by atoms with Crippen LogP contribution in [0.2, 0.25) is 0 Å². The monoisotopic (exact) mass is 289 g/mol. The van der Waals surface area contributed by atoms with Crippen LogP contribution in [0.3, 0.4) is 0 Å². The van der Waals surface area contributed by atoms with Crippen LogP contribution in [0.15, 0.2) is 12.3 Å². The SMILES string of the molecule is Cc1cc(C)c(-c2nc(CC(N)=O)nn2CCCO)cn1. The van der Waals surface area contributed by atoms with Crippen molar-refractivity contribution in [1.29, 1.82) is 0 Å². The minimum absolute atomic E-state index is 0.00252. The van der Waals surface area contributed by atoms with Crippen molar-refractivity contribution in [2.45, 2.75) is 33.2 Å². The van der Waals surface area contributed by atoms with Crippen molar-refractivity contribution < 1.29 is 9.90 Å². The van der Waals surface area contributed by atoms with Gasteiger partial charge >= 0.3 is 0 Å². The van der Waals surface area contributed by atoms with Gasteiger partial charge in [-0.05, 0) is 31.9 Å². The van der Waals surface area contributed by atoms with E-state index in [-0.39, 0.29) is 13.0 Å². The first-order chi connectivity index (χ1) is 10.0. The molecule has 0 bridgehead atoms. The molecule has 0 aliphatic carbocycles. The highest BCUT2D eigenvalue weighted by molar-refractivity contribution is 5.75. The van der Waals surface area contributed by atoms with Crippen LogP contribution >= 0.6 is 0 Å². The summed E-state index contributed by atoms with van der Waals surface area (Å²) in [6.07, 6.45) is 2.31. The Kier molecular flexibility index (Phi) is 4.64. The van der Waals surface area contributed by atoms with Gasteiger partial charge in [0.05, 0.1) is 6.42 Å². The first-order valence-corrected chi connectivity index (χ1v) is 6.77. The van der Waals surface area contributed by atoms with E-state index in [0.717, 1.165) is 16.8 Å². The third-order valence-corrected chi connectivity index (χ3v) is 3.06. The van der Waals surface area contributed by atoms with E-state index in [2.05, 4.69) is 15.1 Å². The normalized spacial score (nSPS) is 10.8. The number of nitrogens with zero attached hydrogens (tertiary/aromatic N) is 4. The number of primary amides is 1. The average Bonchev–Trinajstić information content (AvgIpc) is 2.78. The summed E-state index contributed by atoms with van der Waals surface area (Å²) in [6.45, 7) is 4.48. The summed E-state index contributed by atoms with van der Waals surface area (Å²) in [7, 11) is 0. The highest BCUT2D eigenvalue weighted by Gasteiger charge is 2.15. The zero-order valence-corrected chi connectivity index (χ0v) is 12.2. The molecule has 0 atom stereocenters. The lowest BCUT2D eigenvalue weighted by Crippen LogP contribution is -2.15. The van der Waals surface area contributed by atoms with Crippen LogP contribution in [-0.4, -0.2) is 37.4 Å². The van der Waals surface area contributed by atoms with E-state index in [1.807, 2.05) is 19.9 Å². The smallest absolute Gasteiger partial charge is 0.225 e. The lowest BCUT2D eigenvalue weighted by Gasteiger charge is -2.07. The second-order valence-corrected chi connectivity index (χ2v) is 4.94. The van der Waals surface area contributed by atoms with Gasteiger partial charge in [0.25, 0.3) is 0 Å².